The van der Waals surface area contributed by atoms with Crippen LogP contribution in [0.5, 0.6) is 5.75 Å². The van der Waals surface area contributed by atoms with Gasteiger partial charge >= 0.3 is 0 Å². The van der Waals surface area contributed by atoms with Gasteiger partial charge in [-0.3, -0.25) is 10.1 Å². The van der Waals surface area contributed by atoms with E-state index in [0.29, 0.717) is 0 Å². The summed E-state index contributed by atoms with van der Waals surface area (Å²) in [6.07, 6.45) is -2.68. The zero-order valence-electron chi connectivity index (χ0n) is 7.82. The molecule has 0 spiro atoms. The van der Waals surface area contributed by atoms with E-state index in [1.54, 1.807) is 0 Å². The van der Waals surface area contributed by atoms with Crippen molar-refractivity contribution in [1.29, 1.82) is 0 Å². The maximum absolute atomic E-state index is 11.9. The van der Waals surface area contributed by atoms with Gasteiger partial charge in [-0.05, 0) is 22.0 Å². The number of nitrogen functional groups attached to an aromatic ring is 1. The summed E-state index contributed by atoms with van der Waals surface area (Å²) in [6.45, 7) is -0.871. The Kier molecular flexibility index (Phi) is 3.99. The number of benzene rings is 1. The van der Waals surface area contributed by atoms with E-state index in [0.717, 1.165) is 6.07 Å². The summed E-state index contributed by atoms with van der Waals surface area (Å²) in [5.74, 6) is -0.144. The van der Waals surface area contributed by atoms with Crippen molar-refractivity contribution in [2.24, 2.45) is 0 Å². The van der Waals surface area contributed by atoms with Gasteiger partial charge in [0.05, 0.1) is 9.40 Å². The van der Waals surface area contributed by atoms with Crippen LogP contribution in [0.1, 0.15) is 0 Å². The van der Waals surface area contributed by atoms with Gasteiger partial charge in [0.2, 0.25) is 0 Å². The second kappa shape index (κ2) is 5.06. The topological polar surface area (TPSA) is 78.4 Å². The lowest BCUT2D eigenvalue weighted by molar-refractivity contribution is -0.384. The zero-order valence-corrected chi connectivity index (χ0v) is 9.41. The summed E-state index contributed by atoms with van der Waals surface area (Å²) in [4.78, 5) is 9.82. The van der Waals surface area contributed by atoms with E-state index in [9.17, 15) is 18.9 Å². The Labute approximate surface area is 97.5 Å². The van der Waals surface area contributed by atoms with Crippen LogP contribution in [0.3, 0.4) is 0 Å². The van der Waals surface area contributed by atoms with Gasteiger partial charge in [0, 0.05) is 6.07 Å². The number of rotatable bonds is 4. The molecule has 1 rings (SSSR count). The Hall–Kier alpha value is -1.44. The number of nitro groups is 1. The molecular formula is C8H7BrF2N2O3. The first-order valence-electron chi connectivity index (χ1n) is 4.06. The minimum absolute atomic E-state index is 0.144. The average molecular weight is 297 g/mol. The number of ether oxygens (including phenoxy) is 1. The number of hydrogen-bond acceptors (Lipinski definition) is 4. The lowest BCUT2D eigenvalue weighted by Gasteiger charge is -2.10. The largest absolute Gasteiger partial charge is 0.484 e. The first-order chi connectivity index (χ1) is 7.43. The number of nitrogens with zero attached hydrogens (tertiary/aromatic N) is 1. The number of nitrogens with two attached hydrogens (primary N) is 1. The van der Waals surface area contributed by atoms with Gasteiger partial charge in [-0.25, -0.2) is 8.78 Å². The molecule has 0 unspecified atom stereocenters. The van der Waals surface area contributed by atoms with E-state index in [1.807, 2.05) is 0 Å². The fourth-order valence-corrected chi connectivity index (χ4v) is 1.47. The molecule has 0 aliphatic rings. The summed E-state index contributed by atoms with van der Waals surface area (Å²) in [5.41, 5.74) is 4.77. The molecule has 0 radical (unpaired) electrons. The second-order valence-corrected chi connectivity index (χ2v) is 3.62. The molecule has 0 aromatic heterocycles. The van der Waals surface area contributed by atoms with E-state index in [-0.39, 0.29) is 21.6 Å². The van der Waals surface area contributed by atoms with E-state index in [1.165, 1.54) is 6.07 Å². The first-order valence-corrected chi connectivity index (χ1v) is 4.86. The minimum Gasteiger partial charge on any atom is -0.484 e. The maximum Gasteiger partial charge on any atom is 0.296 e. The number of halogens is 3. The third kappa shape index (κ3) is 2.78. The highest BCUT2D eigenvalue weighted by Gasteiger charge is 2.19. The lowest BCUT2D eigenvalue weighted by atomic mass is 10.2. The number of anilines is 1. The highest BCUT2D eigenvalue weighted by molar-refractivity contribution is 9.10. The van der Waals surface area contributed by atoms with Crippen LogP contribution in [0.4, 0.5) is 20.2 Å². The Balaban J connectivity index is 3.06. The summed E-state index contributed by atoms with van der Waals surface area (Å²) >= 11 is 3.01. The second-order valence-electron chi connectivity index (χ2n) is 2.77. The number of nitro benzene ring substituents is 1. The standard InChI is InChI=1S/C8H7BrF2N2O3/c9-4-1-2-5(13(14)15)7(12)8(4)16-3-6(10)11/h1-2,6H,3,12H2. The molecule has 0 aliphatic carbocycles. The molecule has 0 saturated heterocycles. The van der Waals surface area contributed by atoms with Crippen molar-refractivity contribution in [1.82, 2.24) is 0 Å². The third-order valence-corrected chi connectivity index (χ3v) is 2.30. The van der Waals surface area contributed by atoms with Crippen molar-refractivity contribution < 1.29 is 18.4 Å². The highest BCUT2D eigenvalue weighted by Crippen LogP contribution is 2.38. The minimum atomic E-state index is -2.68. The fraction of sp³-hybridized carbons (Fsp3) is 0.250. The zero-order chi connectivity index (χ0) is 12.3. The van der Waals surface area contributed by atoms with E-state index in [2.05, 4.69) is 15.9 Å². The quantitative estimate of drug-likeness (QED) is 0.526. The molecule has 0 bridgehead atoms. The first kappa shape index (κ1) is 12.6. The molecule has 8 heteroatoms. The molecule has 0 aliphatic heterocycles. The normalized spacial score (nSPS) is 10.5. The van der Waals surface area contributed by atoms with Crippen LogP contribution in [0.25, 0.3) is 0 Å². The van der Waals surface area contributed by atoms with Crippen molar-refractivity contribution in [3.05, 3.63) is 26.7 Å². The van der Waals surface area contributed by atoms with Gasteiger partial charge < -0.3 is 10.5 Å². The van der Waals surface area contributed by atoms with Gasteiger partial charge in [-0.2, -0.15) is 0 Å². The Morgan fingerprint density at radius 1 is 1.56 bits per heavy atom. The van der Waals surface area contributed by atoms with E-state index >= 15 is 0 Å². The Bertz CT molecular complexity index is 415. The van der Waals surface area contributed by atoms with Crippen LogP contribution in [0.2, 0.25) is 0 Å². The molecule has 1 aromatic carbocycles. The monoisotopic (exact) mass is 296 g/mol. The van der Waals surface area contributed by atoms with Crippen molar-refractivity contribution in [2.75, 3.05) is 12.3 Å². The number of hydrogen-bond donors (Lipinski definition) is 1. The van der Waals surface area contributed by atoms with Crippen LogP contribution in [0.15, 0.2) is 16.6 Å². The predicted molar refractivity (Wildman–Crippen MR) is 56.7 cm³/mol. The van der Waals surface area contributed by atoms with Crippen molar-refractivity contribution in [2.45, 2.75) is 6.43 Å². The Morgan fingerprint density at radius 2 is 2.19 bits per heavy atom. The van der Waals surface area contributed by atoms with Crippen molar-refractivity contribution in [3.8, 4) is 5.75 Å². The maximum atomic E-state index is 11.9. The summed E-state index contributed by atoms with van der Waals surface area (Å²) < 4.78 is 28.8. The average Bonchev–Trinajstić information content (AvgIpc) is 2.16. The van der Waals surface area contributed by atoms with Gasteiger partial charge in [0.25, 0.3) is 12.1 Å². The molecule has 0 heterocycles. The summed E-state index contributed by atoms with van der Waals surface area (Å²) in [6, 6.07) is 2.48. The van der Waals surface area contributed by atoms with Crippen LogP contribution in [-0.4, -0.2) is 18.0 Å². The van der Waals surface area contributed by atoms with Crippen molar-refractivity contribution >= 4 is 27.3 Å². The highest BCUT2D eigenvalue weighted by atomic mass is 79.9. The van der Waals surface area contributed by atoms with Gasteiger partial charge in [-0.15, -0.1) is 0 Å². The SMILES string of the molecule is Nc1c([N+](=O)[O-])ccc(Br)c1OCC(F)F. The molecule has 0 fully saturated rings. The third-order valence-electron chi connectivity index (χ3n) is 1.68. The molecule has 5 nitrogen and oxygen atoms in total. The molecule has 0 atom stereocenters. The molecule has 88 valence electrons. The van der Waals surface area contributed by atoms with Gasteiger partial charge in [-0.1, -0.05) is 0 Å². The van der Waals surface area contributed by atoms with Crippen LogP contribution >= 0.6 is 15.9 Å². The summed E-state index contributed by atoms with van der Waals surface area (Å²) in [7, 11) is 0. The van der Waals surface area contributed by atoms with Crippen LogP contribution < -0.4 is 10.5 Å². The Morgan fingerprint density at radius 3 is 2.69 bits per heavy atom. The molecule has 0 amide bonds. The van der Waals surface area contributed by atoms with Crippen LogP contribution in [0, 0.1) is 10.1 Å². The van der Waals surface area contributed by atoms with Crippen LogP contribution in [-0.2, 0) is 0 Å². The molecule has 16 heavy (non-hydrogen) atoms. The van der Waals surface area contributed by atoms with E-state index in [4.69, 9.17) is 10.5 Å². The predicted octanol–water partition coefficient (Wildman–Crippen LogP) is 2.58. The molecule has 0 saturated carbocycles. The summed E-state index contributed by atoms with van der Waals surface area (Å²) in [5, 5.41) is 10.5. The van der Waals surface area contributed by atoms with Gasteiger partial charge in [0.15, 0.2) is 11.4 Å². The smallest absolute Gasteiger partial charge is 0.296 e. The van der Waals surface area contributed by atoms with Crippen molar-refractivity contribution in [3.63, 3.8) is 0 Å². The van der Waals surface area contributed by atoms with Gasteiger partial charge in [0.1, 0.15) is 6.61 Å². The number of alkyl halides is 2. The fourth-order valence-electron chi connectivity index (χ4n) is 1.01. The molecular weight excluding hydrogens is 290 g/mol. The molecule has 1 aromatic rings. The molecule has 2 N–H and O–H groups in total. The van der Waals surface area contributed by atoms with E-state index < -0.39 is 18.0 Å². The lowest BCUT2D eigenvalue weighted by Crippen LogP contribution is -2.09.